The molecule has 1 aliphatic carbocycles. The van der Waals surface area contributed by atoms with Gasteiger partial charge >= 0.3 is 0 Å². The van der Waals surface area contributed by atoms with Crippen LogP contribution >= 0.6 is 0 Å². The standard InChI is InChI=1S/C15H26N4O/c1-3-9-16-13-10-14(18-12(4-2)17-13)19-15(11-20)7-5-6-8-15/h10,20H,3-9,11H2,1-2H3,(H2,16,17,18,19). The molecule has 1 saturated carbocycles. The highest BCUT2D eigenvalue weighted by atomic mass is 16.3. The summed E-state index contributed by atoms with van der Waals surface area (Å²) in [5, 5.41) is 16.5. The number of rotatable bonds is 7. The van der Waals surface area contributed by atoms with E-state index in [1.165, 1.54) is 12.8 Å². The topological polar surface area (TPSA) is 70.1 Å². The van der Waals surface area contributed by atoms with Crippen molar-refractivity contribution in [1.82, 2.24) is 9.97 Å². The Bertz CT molecular complexity index is 430. The smallest absolute Gasteiger partial charge is 0.132 e. The lowest BCUT2D eigenvalue weighted by Crippen LogP contribution is -2.39. The Morgan fingerprint density at radius 2 is 1.90 bits per heavy atom. The van der Waals surface area contributed by atoms with Gasteiger partial charge in [-0.05, 0) is 19.3 Å². The van der Waals surface area contributed by atoms with Crippen molar-refractivity contribution in [2.24, 2.45) is 0 Å². The van der Waals surface area contributed by atoms with Crippen molar-refractivity contribution in [2.45, 2.75) is 57.9 Å². The van der Waals surface area contributed by atoms with Crippen LogP contribution in [0.2, 0.25) is 0 Å². The summed E-state index contributed by atoms with van der Waals surface area (Å²) in [5.74, 6) is 2.53. The van der Waals surface area contributed by atoms with Gasteiger partial charge < -0.3 is 15.7 Å². The first-order chi connectivity index (χ1) is 9.71. The minimum atomic E-state index is -0.193. The minimum absolute atomic E-state index is 0.163. The summed E-state index contributed by atoms with van der Waals surface area (Å²) >= 11 is 0. The fourth-order valence-electron chi connectivity index (χ4n) is 2.71. The van der Waals surface area contributed by atoms with Gasteiger partial charge in [0, 0.05) is 19.0 Å². The molecule has 0 atom stereocenters. The highest BCUT2D eigenvalue weighted by molar-refractivity contribution is 5.49. The first kappa shape index (κ1) is 15.0. The van der Waals surface area contributed by atoms with Gasteiger partial charge in [-0.1, -0.05) is 26.7 Å². The van der Waals surface area contributed by atoms with Crippen LogP contribution in [0.15, 0.2) is 6.07 Å². The molecule has 1 fully saturated rings. The molecule has 5 nitrogen and oxygen atoms in total. The van der Waals surface area contributed by atoms with Crippen LogP contribution in [-0.4, -0.2) is 33.8 Å². The SMILES string of the molecule is CCCNc1cc(NC2(CO)CCCC2)nc(CC)n1. The van der Waals surface area contributed by atoms with E-state index < -0.39 is 0 Å². The second-order valence-electron chi connectivity index (χ2n) is 5.61. The number of nitrogens with one attached hydrogen (secondary N) is 2. The van der Waals surface area contributed by atoms with Gasteiger partial charge in [-0.2, -0.15) is 0 Å². The van der Waals surface area contributed by atoms with Gasteiger partial charge in [-0.15, -0.1) is 0 Å². The molecule has 2 rings (SSSR count). The third-order valence-electron chi connectivity index (χ3n) is 3.90. The summed E-state index contributed by atoms with van der Waals surface area (Å²) < 4.78 is 0. The quantitative estimate of drug-likeness (QED) is 0.715. The monoisotopic (exact) mass is 278 g/mol. The highest BCUT2D eigenvalue weighted by Gasteiger charge is 2.33. The molecule has 1 aromatic heterocycles. The first-order valence-electron chi connectivity index (χ1n) is 7.72. The molecule has 1 aromatic rings. The van der Waals surface area contributed by atoms with Crippen molar-refractivity contribution < 1.29 is 5.11 Å². The van der Waals surface area contributed by atoms with E-state index in [1.807, 2.05) is 6.07 Å². The Labute approximate surface area is 121 Å². The van der Waals surface area contributed by atoms with Crippen LogP contribution in [0.5, 0.6) is 0 Å². The summed E-state index contributed by atoms with van der Waals surface area (Å²) in [5.41, 5.74) is -0.193. The molecular weight excluding hydrogens is 252 g/mol. The molecule has 0 unspecified atom stereocenters. The second-order valence-corrected chi connectivity index (χ2v) is 5.61. The number of aryl methyl sites for hydroxylation is 1. The van der Waals surface area contributed by atoms with Gasteiger partial charge in [0.1, 0.15) is 17.5 Å². The number of anilines is 2. The van der Waals surface area contributed by atoms with Crippen molar-refractivity contribution >= 4 is 11.6 Å². The molecule has 20 heavy (non-hydrogen) atoms. The van der Waals surface area contributed by atoms with Gasteiger partial charge in [0.2, 0.25) is 0 Å². The van der Waals surface area contributed by atoms with E-state index in [1.54, 1.807) is 0 Å². The van der Waals surface area contributed by atoms with Crippen molar-refractivity contribution in [3.63, 3.8) is 0 Å². The van der Waals surface area contributed by atoms with Crippen LogP contribution in [0.1, 0.15) is 51.8 Å². The first-order valence-corrected chi connectivity index (χ1v) is 7.72. The van der Waals surface area contributed by atoms with Crippen molar-refractivity contribution in [3.05, 3.63) is 11.9 Å². The molecule has 0 amide bonds. The van der Waals surface area contributed by atoms with Crippen LogP contribution in [0.4, 0.5) is 11.6 Å². The maximum absolute atomic E-state index is 9.69. The van der Waals surface area contributed by atoms with Gasteiger partial charge in [0.25, 0.3) is 0 Å². The summed E-state index contributed by atoms with van der Waals surface area (Å²) in [6.07, 6.45) is 6.22. The number of nitrogens with zero attached hydrogens (tertiary/aromatic N) is 2. The zero-order valence-corrected chi connectivity index (χ0v) is 12.6. The zero-order chi connectivity index (χ0) is 14.4. The van der Waals surface area contributed by atoms with Crippen molar-refractivity contribution in [1.29, 1.82) is 0 Å². The zero-order valence-electron chi connectivity index (χ0n) is 12.6. The Morgan fingerprint density at radius 3 is 2.50 bits per heavy atom. The lowest BCUT2D eigenvalue weighted by atomic mass is 9.99. The predicted octanol–water partition coefficient (Wildman–Crippen LogP) is 2.58. The third kappa shape index (κ3) is 3.60. The maximum atomic E-state index is 9.69. The molecule has 5 heteroatoms. The lowest BCUT2D eigenvalue weighted by molar-refractivity contribution is 0.214. The number of aromatic nitrogens is 2. The fraction of sp³-hybridized carbons (Fsp3) is 0.733. The Morgan fingerprint density at radius 1 is 1.20 bits per heavy atom. The van der Waals surface area contributed by atoms with Crippen LogP contribution in [0.3, 0.4) is 0 Å². The highest BCUT2D eigenvalue weighted by Crippen LogP contribution is 2.32. The normalized spacial score (nSPS) is 17.1. The molecule has 0 saturated heterocycles. The minimum Gasteiger partial charge on any atom is -0.394 e. The second kappa shape index (κ2) is 6.88. The van der Waals surface area contributed by atoms with E-state index >= 15 is 0 Å². The van der Waals surface area contributed by atoms with E-state index in [-0.39, 0.29) is 12.1 Å². The van der Waals surface area contributed by atoms with E-state index in [0.717, 1.165) is 49.7 Å². The molecule has 0 spiro atoms. The van der Waals surface area contributed by atoms with E-state index in [0.29, 0.717) is 0 Å². The Kier molecular flexibility index (Phi) is 5.17. The molecule has 1 aliphatic rings. The molecule has 0 aliphatic heterocycles. The van der Waals surface area contributed by atoms with E-state index in [2.05, 4.69) is 34.4 Å². The Hall–Kier alpha value is -1.36. The largest absolute Gasteiger partial charge is 0.394 e. The average Bonchev–Trinajstić information content (AvgIpc) is 2.94. The number of aliphatic hydroxyl groups is 1. The summed E-state index contributed by atoms with van der Waals surface area (Å²) in [4.78, 5) is 9.03. The summed E-state index contributed by atoms with van der Waals surface area (Å²) in [6.45, 7) is 5.26. The van der Waals surface area contributed by atoms with E-state index in [4.69, 9.17) is 0 Å². The van der Waals surface area contributed by atoms with Gasteiger partial charge in [0.15, 0.2) is 0 Å². The van der Waals surface area contributed by atoms with Crippen LogP contribution in [-0.2, 0) is 6.42 Å². The molecule has 1 heterocycles. The fourth-order valence-corrected chi connectivity index (χ4v) is 2.71. The van der Waals surface area contributed by atoms with Gasteiger partial charge in [0.05, 0.1) is 12.1 Å². The summed E-state index contributed by atoms with van der Waals surface area (Å²) in [6, 6.07) is 1.95. The maximum Gasteiger partial charge on any atom is 0.132 e. The van der Waals surface area contributed by atoms with Gasteiger partial charge in [-0.3, -0.25) is 0 Å². The number of hydrogen-bond acceptors (Lipinski definition) is 5. The van der Waals surface area contributed by atoms with Gasteiger partial charge in [-0.25, -0.2) is 9.97 Å². The van der Waals surface area contributed by atoms with E-state index in [9.17, 15) is 5.11 Å². The molecular formula is C15H26N4O. The van der Waals surface area contributed by atoms with Crippen LogP contribution in [0.25, 0.3) is 0 Å². The van der Waals surface area contributed by atoms with Crippen molar-refractivity contribution in [2.75, 3.05) is 23.8 Å². The molecule has 3 N–H and O–H groups in total. The molecule has 0 aromatic carbocycles. The Balaban J connectivity index is 2.17. The number of aliphatic hydroxyl groups excluding tert-OH is 1. The molecule has 0 bridgehead atoms. The average molecular weight is 278 g/mol. The summed E-state index contributed by atoms with van der Waals surface area (Å²) in [7, 11) is 0. The van der Waals surface area contributed by atoms with Crippen molar-refractivity contribution in [3.8, 4) is 0 Å². The predicted molar refractivity (Wildman–Crippen MR) is 82.1 cm³/mol. The third-order valence-corrected chi connectivity index (χ3v) is 3.90. The number of hydrogen-bond donors (Lipinski definition) is 3. The van der Waals surface area contributed by atoms with Crippen LogP contribution < -0.4 is 10.6 Å². The lowest BCUT2D eigenvalue weighted by Gasteiger charge is -2.28. The molecule has 112 valence electrons. The van der Waals surface area contributed by atoms with Crippen LogP contribution in [0, 0.1) is 0 Å². The molecule has 0 radical (unpaired) electrons.